The smallest absolute Gasteiger partial charge is 0.338 e. The molecule has 0 aliphatic heterocycles. The highest BCUT2D eigenvalue weighted by molar-refractivity contribution is 7.15. The predicted molar refractivity (Wildman–Crippen MR) is 89.1 cm³/mol. The Morgan fingerprint density at radius 2 is 2.09 bits per heavy atom. The van der Waals surface area contributed by atoms with Crippen molar-refractivity contribution >= 4 is 22.3 Å². The molecule has 1 aromatic carbocycles. The molecule has 0 atom stereocenters. The van der Waals surface area contributed by atoms with Crippen molar-refractivity contribution in [2.75, 3.05) is 0 Å². The zero-order chi connectivity index (χ0) is 16.6. The van der Waals surface area contributed by atoms with Crippen LogP contribution in [-0.2, 0) is 11.3 Å². The van der Waals surface area contributed by atoms with Gasteiger partial charge in [-0.05, 0) is 38.0 Å². The second-order valence-corrected chi connectivity index (χ2v) is 6.24. The van der Waals surface area contributed by atoms with Crippen molar-refractivity contribution in [3.63, 3.8) is 0 Å². The van der Waals surface area contributed by atoms with Crippen molar-refractivity contribution in [3.05, 3.63) is 68.1 Å². The first kappa shape index (κ1) is 15.4. The molecule has 0 amide bonds. The summed E-state index contributed by atoms with van der Waals surface area (Å²) in [7, 11) is 0. The van der Waals surface area contributed by atoms with Crippen LogP contribution in [0.15, 0.2) is 34.4 Å². The number of carbonyl (C=O) groups excluding carboxylic acids is 1. The third-order valence-corrected chi connectivity index (χ3v) is 4.75. The Hall–Kier alpha value is -2.47. The highest BCUT2D eigenvalue weighted by Gasteiger charge is 2.13. The Balaban J connectivity index is 1.82. The summed E-state index contributed by atoms with van der Waals surface area (Å²) in [6.07, 6.45) is 0. The average molecular weight is 328 g/mol. The number of benzene rings is 1. The molecular formula is C17H16N2O3S. The normalized spacial score (nSPS) is 10.9. The van der Waals surface area contributed by atoms with Crippen LogP contribution in [0, 0.1) is 20.8 Å². The van der Waals surface area contributed by atoms with E-state index in [2.05, 4.69) is 4.98 Å². The molecule has 0 saturated carbocycles. The fraction of sp³-hybridized carbons (Fsp3) is 0.235. The van der Waals surface area contributed by atoms with E-state index in [0.717, 1.165) is 16.8 Å². The SMILES string of the molecule is Cc1cccc(C(=O)OCc2cc(=O)n3c(C)csc3n2)c1C. The molecule has 3 rings (SSSR count). The zero-order valence-corrected chi connectivity index (χ0v) is 13.9. The molecule has 0 N–H and O–H groups in total. The van der Waals surface area contributed by atoms with Crippen LogP contribution in [-0.4, -0.2) is 15.4 Å². The number of thiazole rings is 1. The molecule has 3 aromatic rings. The van der Waals surface area contributed by atoms with E-state index < -0.39 is 5.97 Å². The summed E-state index contributed by atoms with van der Waals surface area (Å²) < 4.78 is 6.86. The van der Waals surface area contributed by atoms with Crippen LogP contribution in [0.3, 0.4) is 0 Å². The fourth-order valence-corrected chi connectivity index (χ4v) is 3.26. The lowest BCUT2D eigenvalue weighted by atomic mass is 10.0. The Morgan fingerprint density at radius 3 is 2.87 bits per heavy atom. The number of nitrogens with zero attached hydrogens (tertiary/aromatic N) is 2. The summed E-state index contributed by atoms with van der Waals surface area (Å²) in [5.41, 5.74) is 3.61. The summed E-state index contributed by atoms with van der Waals surface area (Å²) in [6, 6.07) is 6.91. The molecule has 0 saturated heterocycles. The molecular weight excluding hydrogens is 312 g/mol. The number of hydrogen-bond acceptors (Lipinski definition) is 5. The third-order valence-electron chi connectivity index (χ3n) is 3.80. The van der Waals surface area contributed by atoms with Crippen molar-refractivity contribution < 1.29 is 9.53 Å². The number of esters is 1. The number of aromatic nitrogens is 2. The summed E-state index contributed by atoms with van der Waals surface area (Å²) in [5, 5.41) is 1.87. The quantitative estimate of drug-likeness (QED) is 0.693. The third kappa shape index (κ3) is 2.90. The Kier molecular flexibility index (Phi) is 4.00. The number of fused-ring (bicyclic) bond motifs is 1. The van der Waals surface area contributed by atoms with Crippen LogP contribution < -0.4 is 5.56 Å². The maximum atomic E-state index is 12.2. The van der Waals surface area contributed by atoms with Crippen LogP contribution in [0.25, 0.3) is 4.96 Å². The standard InChI is InChI=1S/C17H16N2O3S/c1-10-5-4-6-14(12(10)3)16(21)22-8-13-7-15(20)19-11(2)9-23-17(19)18-13/h4-7,9H,8H2,1-3H3. The van der Waals surface area contributed by atoms with E-state index in [9.17, 15) is 9.59 Å². The topological polar surface area (TPSA) is 60.7 Å². The summed E-state index contributed by atoms with van der Waals surface area (Å²) in [4.78, 5) is 29.3. The molecule has 23 heavy (non-hydrogen) atoms. The van der Waals surface area contributed by atoms with E-state index >= 15 is 0 Å². The minimum Gasteiger partial charge on any atom is -0.456 e. The first-order valence-electron chi connectivity index (χ1n) is 7.17. The van der Waals surface area contributed by atoms with Gasteiger partial charge in [-0.2, -0.15) is 0 Å². The molecule has 0 unspecified atom stereocenters. The first-order chi connectivity index (χ1) is 11.0. The number of ether oxygens (including phenoxy) is 1. The lowest BCUT2D eigenvalue weighted by molar-refractivity contribution is 0.0467. The summed E-state index contributed by atoms with van der Waals surface area (Å²) in [5.74, 6) is -0.407. The van der Waals surface area contributed by atoms with Gasteiger partial charge >= 0.3 is 5.97 Å². The molecule has 2 aromatic heterocycles. The zero-order valence-electron chi connectivity index (χ0n) is 13.1. The van der Waals surface area contributed by atoms with E-state index in [0.29, 0.717) is 16.2 Å². The monoisotopic (exact) mass is 328 g/mol. The summed E-state index contributed by atoms with van der Waals surface area (Å²) in [6.45, 7) is 5.67. The number of aryl methyl sites for hydroxylation is 2. The Labute approximate surface area is 137 Å². The molecule has 5 nitrogen and oxygen atoms in total. The van der Waals surface area contributed by atoms with Gasteiger partial charge < -0.3 is 4.74 Å². The van der Waals surface area contributed by atoms with Crippen molar-refractivity contribution in [1.82, 2.24) is 9.38 Å². The van der Waals surface area contributed by atoms with Gasteiger partial charge in [-0.1, -0.05) is 12.1 Å². The molecule has 0 bridgehead atoms. The van der Waals surface area contributed by atoms with Crippen LogP contribution in [0.2, 0.25) is 0 Å². The molecule has 0 radical (unpaired) electrons. The maximum Gasteiger partial charge on any atom is 0.338 e. The second-order valence-electron chi connectivity index (χ2n) is 5.40. The van der Waals surface area contributed by atoms with Crippen molar-refractivity contribution in [1.29, 1.82) is 0 Å². The first-order valence-corrected chi connectivity index (χ1v) is 8.05. The van der Waals surface area contributed by atoms with E-state index in [1.54, 1.807) is 10.5 Å². The highest BCUT2D eigenvalue weighted by Crippen LogP contribution is 2.15. The van der Waals surface area contributed by atoms with E-state index in [-0.39, 0.29) is 12.2 Å². The minimum absolute atomic E-state index is 0.0189. The van der Waals surface area contributed by atoms with Crippen LogP contribution in [0.1, 0.15) is 32.9 Å². The minimum atomic E-state index is -0.407. The number of hydrogen-bond donors (Lipinski definition) is 0. The van der Waals surface area contributed by atoms with Crippen molar-refractivity contribution in [2.45, 2.75) is 27.4 Å². The van der Waals surface area contributed by atoms with Crippen LogP contribution >= 0.6 is 11.3 Å². The van der Waals surface area contributed by atoms with Crippen molar-refractivity contribution in [3.8, 4) is 0 Å². The molecule has 2 heterocycles. The van der Waals surface area contributed by atoms with Crippen LogP contribution in [0.4, 0.5) is 0 Å². The van der Waals surface area contributed by atoms with Gasteiger partial charge in [0.15, 0.2) is 4.96 Å². The number of carbonyl (C=O) groups is 1. The molecule has 0 aliphatic carbocycles. The van der Waals surface area contributed by atoms with Gasteiger partial charge in [0.2, 0.25) is 0 Å². The lowest BCUT2D eigenvalue weighted by Gasteiger charge is -2.08. The maximum absolute atomic E-state index is 12.2. The average Bonchev–Trinajstić information content (AvgIpc) is 2.89. The Bertz CT molecular complexity index is 956. The van der Waals surface area contributed by atoms with Gasteiger partial charge in [-0.25, -0.2) is 9.78 Å². The molecule has 0 aliphatic rings. The predicted octanol–water partition coefficient (Wildman–Crippen LogP) is 3.04. The van der Waals surface area contributed by atoms with Gasteiger partial charge in [0.25, 0.3) is 5.56 Å². The molecule has 6 heteroatoms. The van der Waals surface area contributed by atoms with Gasteiger partial charge in [0.1, 0.15) is 6.61 Å². The lowest BCUT2D eigenvalue weighted by Crippen LogP contribution is -2.16. The summed E-state index contributed by atoms with van der Waals surface area (Å²) >= 11 is 1.39. The van der Waals surface area contributed by atoms with E-state index in [1.807, 2.05) is 38.3 Å². The molecule has 0 fully saturated rings. The van der Waals surface area contributed by atoms with Crippen molar-refractivity contribution in [2.24, 2.45) is 0 Å². The van der Waals surface area contributed by atoms with E-state index in [1.165, 1.54) is 17.4 Å². The molecule has 118 valence electrons. The number of rotatable bonds is 3. The highest BCUT2D eigenvalue weighted by atomic mass is 32.1. The van der Waals surface area contributed by atoms with Gasteiger partial charge in [0, 0.05) is 17.1 Å². The fourth-order valence-electron chi connectivity index (χ4n) is 2.36. The molecule has 0 spiro atoms. The van der Waals surface area contributed by atoms with E-state index in [4.69, 9.17) is 4.74 Å². The second kappa shape index (κ2) is 5.96. The van der Waals surface area contributed by atoms with Gasteiger partial charge in [-0.15, -0.1) is 11.3 Å². The Morgan fingerprint density at radius 1 is 1.30 bits per heavy atom. The largest absolute Gasteiger partial charge is 0.456 e. The van der Waals surface area contributed by atoms with Gasteiger partial charge in [0.05, 0.1) is 11.3 Å². The van der Waals surface area contributed by atoms with Crippen LogP contribution in [0.5, 0.6) is 0 Å². The van der Waals surface area contributed by atoms with Gasteiger partial charge in [-0.3, -0.25) is 9.20 Å².